The minimum Gasteiger partial charge on any atom is -0.367 e. The van der Waals surface area contributed by atoms with Gasteiger partial charge in [0.15, 0.2) is 0 Å². The molecule has 0 atom stereocenters. The van der Waals surface area contributed by atoms with Crippen molar-refractivity contribution in [2.24, 2.45) is 0 Å². The predicted molar refractivity (Wildman–Crippen MR) is 59.5 cm³/mol. The molecule has 0 radical (unpaired) electrons. The highest BCUT2D eigenvalue weighted by atomic mass is 14.9. The van der Waals surface area contributed by atoms with Gasteiger partial charge in [-0.2, -0.15) is 5.26 Å². The molecule has 1 fully saturated rings. The Morgan fingerprint density at radius 1 is 1.44 bits per heavy atom. The first-order chi connectivity index (χ1) is 7.84. The second-order valence-electron chi connectivity index (χ2n) is 4.29. The molecule has 0 spiro atoms. The van der Waals surface area contributed by atoms with Gasteiger partial charge in [-0.05, 0) is 25.3 Å². The average molecular weight is 212 g/mol. The molecule has 2 N–H and O–H groups in total. The molecule has 3 rings (SSSR count). The van der Waals surface area contributed by atoms with Crippen molar-refractivity contribution in [1.29, 1.82) is 5.26 Å². The summed E-state index contributed by atoms with van der Waals surface area (Å²) >= 11 is 0. The number of imidazole rings is 1. The zero-order chi connectivity index (χ0) is 11.0. The molecule has 0 aliphatic heterocycles. The van der Waals surface area contributed by atoms with E-state index >= 15 is 0 Å². The normalized spacial score (nSPS) is 17.7. The fourth-order valence-electron chi connectivity index (χ4n) is 2.13. The van der Waals surface area contributed by atoms with Gasteiger partial charge in [0.2, 0.25) is 0 Å². The second kappa shape index (κ2) is 3.24. The Bertz CT molecular complexity index is 526. The van der Waals surface area contributed by atoms with Gasteiger partial charge in [-0.1, -0.05) is 0 Å². The lowest BCUT2D eigenvalue weighted by atomic mass is 9.69. The molecule has 2 heterocycles. The molecule has 80 valence electrons. The number of nitrogens with one attached hydrogen (secondary N) is 2. The van der Waals surface area contributed by atoms with E-state index in [1.165, 1.54) is 0 Å². The molecule has 0 unspecified atom stereocenters. The summed E-state index contributed by atoms with van der Waals surface area (Å²) < 4.78 is 0. The smallest absolute Gasteiger partial charge is 0.127 e. The standard InChI is InChI=1S/C12H12N4/c13-8-12(3-1-4-12)11-15-7-10(16-11)9-2-5-14-6-9/h2,5-7,14H,1,3-4H2,(H,15,16). The molecule has 0 aromatic carbocycles. The lowest BCUT2D eigenvalue weighted by Crippen LogP contribution is -2.33. The van der Waals surface area contributed by atoms with Crippen molar-refractivity contribution < 1.29 is 0 Å². The zero-order valence-electron chi connectivity index (χ0n) is 8.83. The van der Waals surface area contributed by atoms with Gasteiger partial charge < -0.3 is 9.97 Å². The van der Waals surface area contributed by atoms with Gasteiger partial charge in [-0.25, -0.2) is 4.98 Å². The third-order valence-corrected chi connectivity index (χ3v) is 3.36. The van der Waals surface area contributed by atoms with Gasteiger partial charge in [0.25, 0.3) is 0 Å². The molecule has 2 aromatic rings. The number of aromatic amines is 2. The van der Waals surface area contributed by atoms with Gasteiger partial charge in [0.05, 0.1) is 18.0 Å². The van der Waals surface area contributed by atoms with Crippen LogP contribution in [0.4, 0.5) is 0 Å². The maximum absolute atomic E-state index is 9.21. The predicted octanol–water partition coefficient (Wildman–Crippen LogP) is 2.35. The van der Waals surface area contributed by atoms with Crippen LogP contribution in [0.2, 0.25) is 0 Å². The van der Waals surface area contributed by atoms with Gasteiger partial charge >= 0.3 is 0 Å². The van der Waals surface area contributed by atoms with Gasteiger partial charge in [0, 0.05) is 18.0 Å². The van der Waals surface area contributed by atoms with Crippen LogP contribution in [0.3, 0.4) is 0 Å². The first-order valence-electron chi connectivity index (χ1n) is 5.44. The summed E-state index contributed by atoms with van der Waals surface area (Å²) in [6.07, 6.45) is 8.55. The number of aromatic nitrogens is 3. The first-order valence-corrected chi connectivity index (χ1v) is 5.44. The molecule has 0 saturated heterocycles. The van der Waals surface area contributed by atoms with Crippen molar-refractivity contribution in [3.63, 3.8) is 0 Å². The van der Waals surface area contributed by atoms with E-state index in [1.54, 1.807) is 6.20 Å². The fourth-order valence-corrected chi connectivity index (χ4v) is 2.13. The number of hydrogen-bond donors (Lipinski definition) is 2. The quantitative estimate of drug-likeness (QED) is 0.802. The number of hydrogen-bond acceptors (Lipinski definition) is 2. The first kappa shape index (κ1) is 9.22. The van der Waals surface area contributed by atoms with Crippen LogP contribution >= 0.6 is 0 Å². The molecule has 2 aromatic heterocycles. The van der Waals surface area contributed by atoms with Crippen LogP contribution in [0.1, 0.15) is 25.1 Å². The summed E-state index contributed by atoms with van der Waals surface area (Å²) in [6, 6.07) is 4.37. The largest absolute Gasteiger partial charge is 0.367 e. The SMILES string of the molecule is N#CC1(c2ncc(-c3cc[nH]c3)[nH]2)CCC1. The zero-order valence-corrected chi connectivity index (χ0v) is 8.83. The van der Waals surface area contributed by atoms with E-state index in [9.17, 15) is 5.26 Å². The summed E-state index contributed by atoms with van der Waals surface area (Å²) in [6.45, 7) is 0. The van der Waals surface area contributed by atoms with E-state index in [4.69, 9.17) is 0 Å². The van der Waals surface area contributed by atoms with E-state index in [1.807, 2.05) is 18.5 Å². The van der Waals surface area contributed by atoms with E-state index in [0.717, 1.165) is 36.3 Å². The Labute approximate surface area is 93.3 Å². The Morgan fingerprint density at radius 3 is 2.88 bits per heavy atom. The molecule has 1 aliphatic rings. The Balaban J connectivity index is 1.97. The third-order valence-electron chi connectivity index (χ3n) is 3.36. The Morgan fingerprint density at radius 2 is 2.31 bits per heavy atom. The van der Waals surface area contributed by atoms with Crippen molar-refractivity contribution in [3.05, 3.63) is 30.5 Å². The second-order valence-corrected chi connectivity index (χ2v) is 4.29. The van der Waals surface area contributed by atoms with Crippen LogP contribution in [0.15, 0.2) is 24.7 Å². The van der Waals surface area contributed by atoms with Crippen molar-refractivity contribution in [1.82, 2.24) is 15.0 Å². The van der Waals surface area contributed by atoms with Crippen molar-refractivity contribution in [3.8, 4) is 17.3 Å². The molecule has 1 aliphatic carbocycles. The van der Waals surface area contributed by atoms with Crippen LogP contribution in [0.5, 0.6) is 0 Å². The van der Waals surface area contributed by atoms with Crippen molar-refractivity contribution in [2.45, 2.75) is 24.7 Å². The summed E-state index contributed by atoms with van der Waals surface area (Å²) in [5, 5.41) is 9.21. The summed E-state index contributed by atoms with van der Waals surface area (Å²) in [5.41, 5.74) is 1.69. The number of H-pyrrole nitrogens is 2. The fraction of sp³-hybridized carbons (Fsp3) is 0.333. The van der Waals surface area contributed by atoms with E-state index < -0.39 is 0 Å². The van der Waals surface area contributed by atoms with E-state index in [2.05, 4.69) is 21.0 Å². The molecule has 16 heavy (non-hydrogen) atoms. The summed E-state index contributed by atoms with van der Waals surface area (Å²) in [4.78, 5) is 10.6. The molecule has 4 heteroatoms. The highest BCUT2D eigenvalue weighted by molar-refractivity contribution is 5.57. The molecule has 4 nitrogen and oxygen atoms in total. The molecular weight excluding hydrogens is 200 g/mol. The maximum atomic E-state index is 9.21. The molecule has 1 saturated carbocycles. The molecular formula is C12H12N4. The van der Waals surface area contributed by atoms with Crippen LogP contribution in [-0.2, 0) is 5.41 Å². The van der Waals surface area contributed by atoms with Crippen LogP contribution < -0.4 is 0 Å². The summed E-state index contributed by atoms with van der Waals surface area (Å²) in [5.74, 6) is 0.817. The van der Waals surface area contributed by atoms with Crippen molar-refractivity contribution in [2.75, 3.05) is 0 Å². The van der Waals surface area contributed by atoms with E-state index in [-0.39, 0.29) is 5.41 Å². The van der Waals surface area contributed by atoms with Gasteiger partial charge in [0.1, 0.15) is 11.2 Å². The number of rotatable bonds is 2. The minimum absolute atomic E-state index is 0.353. The van der Waals surface area contributed by atoms with Crippen molar-refractivity contribution >= 4 is 0 Å². The summed E-state index contributed by atoms with van der Waals surface area (Å²) in [7, 11) is 0. The lowest BCUT2D eigenvalue weighted by molar-refractivity contribution is 0.309. The van der Waals surface area contributed by atoms with Gasteiger partial charge in [-0.15, -0.1) is 0 Å². The molecule has 0 bridgehead atoms. The highest BCUT2D eigenvalue weighted by Crippen LogP contribution is 2.42. The Hall–Kier alpha value is -2.02. The van der Waals surface area contributed by atoms with Crippen LogP contribution in [0.25, 0.3) is 11.3 Å². The minimum atomic E-state index is -0.353. The van der Waals surface area contributed by atoms with Gasteiger partial charge in [-0.3, -0.25) is 0 Å². The maximum Gasteiger partial charge on any atom is 0.127 e. The number of nitrogens with zero attached hydrogens (tertiary/aromatic N) is 2. The Kier molecular flexibility index (Phi) is 1.87. The van der Waals surface area contributed by atoms with Crippen LogP contribution in [-0.4, -0.2) is 15.0 Å². The average Bonchev–Trinajstić information content (AvgIpc) is 2.86. The third kappa shape index (κ3) is 1.18. The monoisotopic (exact) mass is 212 g/mol. The van der Waals surface area contributed by atoms with Crippen LogP contribution in [0, 0.1) is 11.3 Å². The topological polar surface area (TPSA) is 68.3 Å². The highest BCUT2D eigenvalue weighted by Gasteiger charge is 2.41. The molecule has 0 amide bonds. The number of nitriles is 1. The lowest BCUT2D eigenvalue weighted by Gasteiger charge is -2.32. The van der Waals surface area contributed by atoms with E-state index in [0.29, 0.717) is 0 Å².